The summed E-state index contributed by atoms with van der Waals surface area (Å²) in [6.07, 6.45) is 0.371. The lowest BCUT2D eigenvalue weighted by molar-refractivity contribution is -0.144. The maximum Gasteiger partial charge on any atom is 0.313 e. The van der Waals surface area contributed by atoms with Gasteiger partial charge in [0, 0.05) is 22.4 Å². The van der Waals surface area contributed by atoms with Gasteiger partial charge in [0.25, 0.3) is 0 Å². The van der Waals surface area contributed by atoms with Gasteiger partial charge in [0.15, 0.2) is 9.84 Å². The minimum Gasteiger partial charge on any atom is -0.331 e. The molecule has 1 fully saturated rings. The summed E-state index contributed by atoms with van der Waals surface area (Å²) < 4.78 is 23.4. The third kappa shape index (κ3) is 4.94. The molecular formula is C20H22N2O4S2. The van der Waals surface area contributed by atoms with Gasteiger partial charge in [0.2, 0.25) is 0 Å². The van der Waals surface area contributed by atoms with Crippen LogP contribution in [0.1, 0.15) is 13.3 Å². The standard InChI is InChI=1S/C20H22N2O4S2/c1-2-22(15-12-13-28(25,26)14-15)20(24)19(23)21-17-10-6-7-11-18(17)27-16-8-4-3-5-9-16/h3-11,15H,2,12-14H2,1H3,(H,21,23). The first-order valence-electron chi connectivity index (χ1n) is 9.04. The van der Waals surface area contributed by atoms with E-state index in [0.717, 1.165) is 9.79 Å². The van der Waals surface area contributed by atoms with Crippen molar-refractivity contribution >= 4 is 39.1 Å². The molecule has 6 nitrogen and oxygen atoms in total. The van der Waals surface area contributed by atoms with Crippen molar-refractivity contribution < 1.29 is 18.0 Å². The third-order valence-corrected chi connectivity index (χ3v) is 7.39. The average Bonchev–Trinajstić information content (AvgIpc) is 3.04. The SMILES string of the molecule is CCN(C(=O)C(=O)Nc1ccccc1Sc1ccccc1)C1CCS(=O)(=O)C1. The summed E-state index contributed by atoms with van der Waals surface area (Å²) >= 11 is 1.49. The van der Waals surface area contributed by atoms with Crippen molar-refractivity contribution in [2.45, 2.75) is 29.2 Å². The van der Waals surface area contributed by atoms with Crippen molar-refractivity contribution in [3.63, 3.8) is 0 Å². The Hall–Kier alpha value is -2.32. The number of nitrogens with one attached hydrogen (secondary N) is 1. The molecule has 1 aliphatic rings. The number of benzene rings is 2. The Kier molecular flexibility index (Phi) is 6.41. The minimum absolute atomic E-state index is 0.0552. The molecule has 148 valence electrons. The molecule has 2 aromatic carbocycles. The predicted octanol–water partition coefficient (Wildman–Crippen LogP) is 2.81. The van der Waals surface area contributed by atoms with E-state index < -0.39 is 27.7 Å². The summed E-state index contributed by atoms with van der Waals surface area (Å²) in [6, 6.07) is 16.6. The summed E-state index contributed by atoms with van der Waals surface area (Å²) in [4.78, 5) is 28.4. The molecule has 0 saturated carbocycles. The fraction of sp³-hybridized carbons (Fsp3) is 0.300. The number of rotatable bonds is 5. The molecule has 1 unspecified atom stereocenters. The van der Waals surface area contributed by atoms with Crippen molar-refractivity contribution in [1.82, 2.24) is 4.90 Å². The predicted molar refractivity (Wildman–Crippen MR) is 110 cm³/mol. The molecule has 1 saturated heterocycles. The fourth-order valence-electron chi connectivity index (χ4n) is 3.17. The van der Waals surface area contributed by atoms with Crippen molar-refractivity contribution in [3.05, 3.63) is 54.6 Å². The summed E-state index contributed by atoms with van der Waals surface area (Å²) in [6.45, 7) is 2.03. The number of anilines is 1. The second kappa shape index (κ2) is 8.79. The molecule has 2 amide bonds. The normalized spacial score (nSPS) is 17.8. The number of para-hydroxylation sites is 1. The van der Waals surface area contributed by atoms with Gasteiger partial charge in [0.05, 0.1) is 17.2 Å². The van der Waals surface area contributed by atoms with E-state index in [1.54, 1.807) is 19.1 Å². The number of hydrogen-bond acceptors (Lipinski definition) is 5. The molecular weight excluding hydrogens is 396 g/mol. The van der Waals surface area contributed by atoms with Crippen LogP contribution in [0.3, 0.4) is 0 Å². The smallest absolute Gasteiger partial charge is 0.313 e. The van der Waals surface area contributed by atoms with Crippen molar-refractivity contribution in [2.75, 3.05) is 23.4 Å². The van der Waals surface area contributed by atoms with Crippen LogP contribution in [-0.2, 0) is 19.4 Å². The van der Waals surface area contributed by atoms with Crippen molar-refractivity contribution in [3.8, 4) is 0 Å². The maximum absolute atomic E-state index is 12.7. The molecule has 1 aliphatic heterocycles. The van der Waals surface area contributed by atoms with E-state index >= 15 is 0 Å². The second-order valence-electron chi connectivity index (χ2n) is 6.51. The second-order valence-corrected chi connectivity index (χ2v) is 9.86. The molecule has 1 N–H and O–H groups in total. The Morgan fingerprint density at radius 1 is 1.11 bits per heavy atom. The number of carbonyl (C=O) groups is 2. The Balaban J connectivity index is 1.73. The van der Waals surface area contributed by atoms with Crippen LogP contribution in [-0.4, -0.2) is 49.2 Å². The molecule has 28 heavy (non-hydrogen) atoms. The average molecular weight is 419 g/mol. The van der Waals surface area contributed by atoms with Gasteiger partial charge in [-0.1, -0.05) is 42.1 Å². The Bertz CT molecular complexity index is 961. The lowest BCUT2D eigenvalue weighted by Gasteiger charge is -2.26. The summed E-state index contributed by atoms with van der Waals surface area (Å²) in [5.41, 5.74) is 0.546. The van der Waals surface area contributed by atoms with Crippen LogP contribution in [0.5, 0.6) is 0 Å². The number of sulfone groups is 1. The molecule has 1 atom stereocenters. The molecule has 8 heteroatoms. The van der Waals surface area contributed by atoms with Crippen LogP contribution in [0, 0.1) is 0 Å². The minimum atomic E-state index is -3.14. The molecule has 0 aliphatic carbocycles. The van der Waals surface area contributed by atoms with Crippen LogP contribution < -0.4 is 5.32 Å². The van der Waals surface area contributed by atoms with E-state index in [0.29, 0.717) is 12.1 Å². The van der Waals surface area contributed by atoms with Crippen molar-refractivity contribution in [1.29, 1.82) is 0 Å². The van der Waals surface area contributed by atoms with Gasteiger partial charge >= 0.3 is 11.8 Å². The summed E-state index contributed by atoms with van der Waals surface area (Å²) in [7, 11) is -3.14. The van der Waals surface area contributed by atoms with E-state index in [1.807, 2.05) is 42.5 Å². The van der Waals surface area contributed by atoms with Crippen LogP contribution in [0.15, 0.2) is 64.4 Å². The van der Waals surface area contributed by atoms with Crippen LogP contribution in [0.25, 0.3) is 0 Å². The highest BCUT2D eigenvalue weighted by molar-refractivity contribution is 7.99. The Morgan fingerprint density at radius 2 is 1.79 bits per heavy atom. The lowest BCUT2D eigenvalue weighted by atomic mass is 10.2. The molecule has 2 aromatic rings. The lowest BCUT2D eigenvalue weighted by Crippen LogP contribution is -2.46. The van der Waals surface area contributed by atoms with E-state index in [4.69, 9.17) is 0 Å². The van der Waals surface area contributed by atoms with Gasteiger partial charge in [-0.05, 0) is 37.6 Å². The zero-order valence-electron chi connectivity index (χ0n) is 15.5. The molecule has 0 aromatic heterocycles. The van der Waals surface area contributed by atoms with Gasteiger partial charge in [-0.15, -0.1) is 0 Å². The highest BCUT2D eigenvalue weighted by Crippen LogP contribution is 2.33. The summed E-state index contributed by atoms with van der Waals surface area (Å²) in [5.74, 6) is -1.49. The van der Waals surface area contributed by atoms with Crippen LogP contribution in [0.2, 0.25) is 0 Å². The molecule has 1 heterocycles. The third-order valence-electron chi connectivity index (χ3n) is 4.55. The monoisotopic (exact) mass is 418 g/mol. The van der Waals surface area contributed by atoms with E-state index in [-0.39, 0.29) is 18.1 Å². The van der Waals surface area contributed by atoms with Gasteiger partial charge in [-0.25, -0.2) is 8.42 Å². The molecule has 0 radical (unpaired) electrons. The summed E-state index contributed by atoms with van der Waals surface area (Å²) in [5, 5.41) is 2.69. The van der Waals surface area contributed by atoms with Gasteiger partial charge < -0.3 is 10.2 Å². The first-order valence-corrected chi connectivity index (χ1v) is 11.7. The van der Waals surface area contributed by atoms with E-state index in [1.165, 1.54) is 16.7 Å². The first kappa shape index (κ1) is 20.4. The van der Waals surface area contributed by atoms with Gasteiger partial charge in [-0.2, -0.15) is 0 Å². The van der Waals surface area contributed by atoms with Crippen LogP contribution >= 0.6 is 11.8 Å². The molecule has 0 bridgehead atoms. The number of hydrogen-bond donors (Lipinski definition) is 1. The van der Waals surface area contributed by atoms with Gasteiger partial charge in [-0.3, -0.25) is 9.59 Å². The largest absolute Gasteiger partial charge is 0.331 e. The Morgan fingerprint density at radius 3 is 2.43 bits per heavy atom. The number of carbonyl (C=O) groups excluding carboxylic acids is 2. The molecule has 3 rings (SSSR count). The highest BCUT2D eigenvalue weighted by atomic mass is 32.2. The maximum atomic E-state index is 12.7. The van der Waals surface area contributed by atoms with E-state index in [2.05, 4.69) is 5.32 Å². The first-order chi connectivity index (χ1) is 13.4. The van der Waals surface area contributed by atoms with E-state index in [9.17, 15) is 18.0 Å². The number of amides is 2. The topological polar surface area (TPSA) is 83.6 Å². The number of likely N-dealkylation sites (N-methyl/N-ethyl adjacent to an activating group) is 1. The fourth-order valence-corrected chi connectivity index (χ4v) is 5.82. The van der Waals surface area contributed by atoms with Crippen LogP contribution in [0.4, 0.5) is 5.69 Å². The van der Waals surface area contributed by atoms with Crippen molar-refractivity contribution in [2.24, 2.45) is 0 Å². The zero-order valence-corrected chi connectivity index (χ0v) is 17.1. The Labute approximate surface area is 169 Å². The zero-order chi connectivity index (χ0) is 20.1. The van der Waals surface area contributed by atoms with Gasteiger partial charge in [0.1, 0.15) is 0 Å². The quantitative estimate of drug-likeness (QED) is 0.755. The molecule has 0 spiro atoms. The highest BCUT2D eigenvalue weighted by Gasteiger charge is 2.36. The number of nitrogens with zero attached hydrogens (tertiary/aromatic N) is 1.